The van der Waals surface area contributed by atoms with E-state index < -0.39 is 0 Å². The fraction of sp³-hybridized carbons (Fsp3) is 1.00. The molecule has 3 heteroatoms. The lowest BCUT2D eigenvalue weighted by molar-refractivity contribution is -0.192. The second-order valence-electron chi connectivity index (χ2n) is 5.41. The molecule has 2 rings (SSSR count). The zero-order valence-corrected chi connectivity index (χ0v) is 10.2. The van der Waals surface area contributed by atoms with Crippen molar-refractivity contribution >= 4 is 0 Å². The fourth-order valence-electron chi connectivity index (χ4n) is 2.58. The summed E-state index contributed by atoms with van der Waals surface area (Å²) in [6, 6.07) is 0. The fourth-order valence-corrected chi connectivity index (χ4v) is 2.58. The predicted molar refractivity (Wildman–Crippen MR) is 59.7 cm³/mol. The minimum Gasteiger partial charge on any atom is -0.347 e. The van der Waals surface area contributed by atoms with Crippen LogP contribution in [0.25, 0.3) is 0 Å². The van der Waals surface area contributed by atoms with Gasteiger partial charge >= 0.3 is 0 Å². The van der Waals surface area contributed by atoms with Crippen LogP contribution >= 0.6 is 0 Å². The van der Waals surface area contributed by atoms with Gasteiger partial charge in [0, 0.05) is 19.4 Å². The molecule has 15 heavy (non-hydrogen) atoms. The molecule has 1 saturated carbocycles. The average molecular weight is 213 g/mol. The first kappa shape index (κ1) is 11.4. The first-order valence-electron chi connectivity index (χ1n) is 6.06. The van der Waals surface area contributed by atoms with Crippen molar-refractivity contribution < 1.29 is 9.47 Å². The molecular formula is C12H23NO2. The van der Waals surface area contributed by atoms with Crippen LogP contribution in [0.1, 0.15) is 32.6 Å². The van der Waals surface area contributed by atoms with E-state index in [2.05, 4.69) is 25.9 Å². The first-order chi connectivity index (χ1) is 7.10. The smallest absolute Gasteiger partial charge is 0.168 e. The quantitative estimate of drug-likeness (QED) is 0.699. The SMILES string of the molecule is CC1CCC2(CC1)OCC(CN(C)C)O2. The summed E-state index contributed by atoms with van der Waals surface area (Å²) < 4.78 is 12.0. The monoisotopic (exact) mass is 213 g/mol. The third-order valence-electron chi connectivity index (χ3n) is 3.52. The molecule has 0 aromatic carbocycles. The van der Waals surface area contributed by atoms with Crippen molar-refractivity contribution in [1.29, 1.82) is 0 Å². The van der Waals surface area contributed by atoms with E-state index >= 15 is 0 Å². The van der Waals surface area contributed by atoms with Gasteiger partial charge in [-0.1, -0.05) is 6.92 Å². The Morgan fingerprint density at radius 3 is 2.53 bits per heavy atom. The summed E-state index contributed by atoms with van der Waals surface area (Å²) >= 11 is 0. The number of nitrogens with zero attached hydrogens (tertiary/aromatic N) is 1. The molecule has 1 aliphatic heterocycles. The lowest BCUT2D eigenvalue weighted by Crippen LogP contribution is -2.36. The molecule has 0 bridgehead atoms. The normalized spacial score (nSPS) is 41.6. The summed E-state index contributed by atoms with van der Waals surface area (Å²) in [5, 5.41) is 0. The number of rotatable bonds is 2. The number of ether oxygens (including phenoxy) is 2. The van der Waals surface area contributed by atoms with E-state index in [0.29, 0.717) is 0 Å². The minimum absolute atomic E-state index is 0.215. The Balaban J connectivity index is 1.85. The molecule has 1 unspecified atom stereocenters. The second-order valence-corrected chi connectivity index (χ2v) is 5.41. The predicted octanol–water partition coefficient (Wildman–Crippen LogP) is 1.87. The lowest BCUT2D eigenvalue weighted by atomic mass is 9.86. The second kappa shape index (κ2) is 4.40. The van der Waals surface area contributed by atoms with E-state index in [0.717, 1.165) is 31.9 Å². The summed E-state index contributed by atoms with van der Waals surface area (Å²) in [4.78, 5) is 2.17. The molecule has 1 aliphatic carbocycles. The topological polar surface area (TPSA) is 21.7 Å². The lowest BCUT2D eigenvalue weighted by Gasteiger charge is -2.34. The van der Waals surface area contributed by atoms with Crippen LogP contribution in [-0.4, -0.2) is 44.0 Å². The highest BCUT2D eigenvalue weighted by molar-refractivity contribution is 4.84. The third-order valence-corrected chi connectivity index (χ3v) is 3.52. The van der Waals surface area contributed by atoms with Gasteiger partial charge in [0.05, 0.1) is 12.7 Å². The van der Waals surface area contributed by atoms with Crippen molar-refractivity contribution in [3.63, 3.8) is 0 Å². The molecular weight excluding hydrogens is 190 g/mol. The van der Waals surface area contributed by atoms with Crippen LogP contribution in [0.2, 0.25) is 0 Å². The average Bonchev–Trinajstić information content (AvgIpc) is 2.54. The minimum atomic E-state index is -0.215. The molecule has 0 aromatic rings. The Bertz CT molecular complexity index is 210. The van der Waals surface area contributed by atoms with Crippen LogP contribution in [0, 0.1) is 5.92 Å². The van der Waals surface area contributed by atoms with Crippen molar-refractivity contribution in [1.82, 2.24) is 4.90 Å². The molecule has 3 nitrogen and oxygen atoms in total. The Kier molecular flexibility index (Phi) is 3.33. The van der Waals surface area contributed by atoms with E-state index in [9.17, 15) is 0 Å². The van der Waals surface area contributed by atoms with Gasteiger partial charge in [-0.3, -0.25) is 0 Å². The Hall–Kier alpha value is -0.120. The number of hydrogen-bond acceptors (Lipinski definition) is 3. The first-order valence-corrected chi connectivity index (χ1v) is 6.06. The van der Waals surface area contributed by atoms with Gasteiger partial charge < -0.3 is 14.4 Å². The Labute approximate surface area is 92.7 Å². The largest absolute Gasteiger partial charge is 0.347 e. The van der Waals surface area contributed by atoms with Crippen molar-refractivity contribution in [2.45, 2.75) is 44.5 Å². The maximum absolute atomic E-state index is 6.09. The summed E-state index contributed by atoms with van der Waals surface area (Å²) in [5.74, 6) is 0.628. The van der Waals surface area contributed by atoms with Gasteiger partial charge in [-0.2, -0.15) is 0 Å². The van der Waals surface area contributed by atoms with Crippen LogP contribution in [-0.2, 0) is 9.47 Å². The third kappa shape index (κ3) is 2.71. The highest BCUT2D eigenvalue weighted by Crippen LogP contribution is 2.39. The van der Waals surface area contributed by atoms with Gasteiger partial charge in [-0.05, 0) is 32.9 Å². The summed E-state index contributed by atoms with van der Waals surface area (Å²) in [7, 11) is 4.16. The van der Waals surface area contributed by atoms with Gasteiger partial charge in [-0.25, -0.2) is 0 Å². The zero-order chi connectivity index (χ0) is 10.9. The van der Waals surface area contributed by atoms with Crippen molar-refractivity contribution in [3.05, 3.63) is 0 Å². The molecule has 0 N–H and O–H groups in total. The van der Waals surface area contributed by atoms with Crippen LogP contribution < -0.4 is 0 Å². The summed E-state index contributed by atoms with van der Waals surface area (Å²) in [5.41, 5.74) is 0. The van der Waals surface area contributed by atoms with Crippen LogP contribution in [0.4, 0.5) is 0 Å². The van der Waals surface area contributed by atoms with Crippen LogP contribution in [0.3, 0.4) is 0 Å². The molecule has 0 aromatic heterocycles. The van der Waals surface area contributed by atoms with Crippen molar-refractivity contribution in [2.24, 2.45) is 5.92 Å². The van der Waals surface area contributed by atoms with E-state index in [4.69, 9.17) is 9.47 Å². The van der Waals surface area contributed by atoms with Crippen LogP contribution in [0.15, 0.2) is 0 Å². The molecule has 2 aliphatic rings. The molecule has 2 fully saturated rings. The zero-order valence-electron chi connectivity index (χ0n) is 10.2. The van der Waals surface area contributed by atoms with Gasteiger partial charge in [0.1, 0.15) is 0 Å². The molecule has 1 saturated heterocycles. The summed E-state index contributed by atoms with van der Waals surface area (Å²) in [6.07, 6.45) is 4.92. The number of likely N-dealkylation sites (N-methyl/N-ethyl adjacent to an activating group) is 1. The highest BCUT2D eigenvalue weighted by Gasteiger charge is 2.43. The van der Waals surface area contributed by atoms with Gasteiger partial charge in [0.25, 0.3) is 0 Å². The standard InChI is InChI=1S/C12H23NO2/c1-10-4-6-12(7-5-10)14-9-11(15-12)8-13(2)3/h10-11H,4-9H2,1-3H3. The van der Waals surface area contributed by atoms with E-state index in [1.807, 2.05) is 0 Å². The molecule has 1 heterocycles. The summed E-state index contributed by atoms with van der Waals surface area (Å²) in [6.45, 7) is 4.06. The van der Waals surface area contributed by atoms with Gasteiger partial charge in [0.2, 0.25) is 0 Å². The molecule has 1 atom stereocenters. The molecule has 0 amide bonds. The van der Waals surface area contributed by atoms with Crippen LogP contribution in [0.5, 0.6) is 0 Å². The van der Waals surface area contributed by atoms with Gasteiger partial charge in [-0.15, -0.1) is 0 Å². The van der Waals surface area contributed by atoms with Crippen molar-refractivity contribution in [2.75, 3.05) is 27.2 Å². The van der Waals surface area contributed by atoms with Gasteiger partial charge in [0.15, 0.2) is 5.79 Å². The van der Waals surface area contributed by atoms with E-state index in [1.54, 1.807) is 0 Å². The van der Waals surface area contributed by atoms with E-state index in [-0.39, 0.29) is 11.9 Å². The Morgan fingerprint density at radius 2 is 1.93 bits per heavy atom. The maximum atomic E-state index is 6.09. The number of hydrogen-bond donors (Lipinski definition) is 0. The molecule has 0 radical (unpaired) electrons. The maximum Gasteiger partial charge on any atom is 0.168 e. The molecule has 1 spiro atoms. The Morgan fingerprint density at radius 1 is 1.27 bits per heavy atom. The van der Waals surface area contributed by atoms with E-state index in [1.165, 1.54) is 12.8 Å². The van der Waals surface area contributed by atoms with Crippen molar-refractivity contribution in [3.8, 4) is 0 Å². The molecule has 88 valence electrons. The highest BCUT2D eigenvalue weighted by atomic mass is 16.7.